The van der Waals surface area contributed by atoms with Crippen molar-refractivity contribution < 1.29 is 9.59 Å². The van der Waals surface area contributed by atoms with Gasteiger partial charge in [-0.15, -0.1) is 0 Å². The largest absolute Gasteiger partial charge is 0.337 e. The first-order chi connectivity index (χ1) is 16.0. The van der Waals surface area contributed by atoms with Gasteiger partial charge in [-0.25, -0.2) is 0 Å². The first-order valence-electron chi connectivity index (χ1n) is 12.1. The Morgan fingerprint density at radius 3 is 2.45 bits per heavy atom. The number of hydrogen-bond donors (Lipinski definition) is 0. The van der Waals surface area contributed by atoms with E-state index in [-0.39, 0.29) is 11.8 Å². The van der Waals surface area contributed by atoms with Crippen LogP contribution in [0.5, 0.6) is 0 Å². The van der Waals surface area contributed by atoms with Crippen LogP contribution in [0.4, 0.5) is 0 Å². The lowest BCUT2D eigenvalue weighted by Gasteiger charge is -2.36. The zero-order valence-corrected chi connectivity index (χ0v) is 19.8. The third kappa shape index (κ3) is 5.77. The third-order valence-corrected chi connectivity index (χ3v) is 6.92. The summed E-state index contributed by atoms with van der Waals surface area (Å²) in [6.07, 6.45) is 9.52. The molecule has 176 valence electrons. The van der Waals surface area contributed by atoms with Crippen molar-refractivity contribution in [2.75, 3.05) is 40.3 Å². The van der Waals surface area contributed by atoms with Gasteiger partial charge >= 0.3 is 0 Å². The average Bonchev–Trinajstić information content (AvgIpc) is 2.87. The van der Waals surface area contributed by atoms with Crippen LogP contribution in [-0.2, 0) is 0 Å². The molecule has 4 heterocycles. The van der Waals surface area contributed by atoms with E-state index in [1.165, 1.54) is 6.42 Å². The minimum atomic E-state index is -0.00620. The topological polar surface area (TPSA) is 69.6 Å². The van der Waals surface area contributed by atoms with Crippen molar-refractivity contribution in [1.82, 2.24) is 24.7 Å². The molecule has 1 atom stereocenters. The Morgan fingerprint density at radius 2 is 1.79 bits per heavy atom. The Bertz CT molecular complexity index is 923. The molecule has 0 N–H and O–H groups in total. The fraction of sp³-hybridized carbons (Fsp3) is 0.538. The van der Waals surface area contributed by atoms with Gasteiger partial charge in [0.05, 0.1) is 5.56 Å². The summed E-state index contributed by atoms with van der Waals surface area (Å²) in [6, 6.07) is 9.68. The number of pyridine rings is 2. The summed E-state index contributed by atoms with van der Waals surface area (Å²) in [4.78, 5) is 40.8. The first kappa shape index (κ1) is 23.4. The van der Waals surface area contributed by atoms with Gasteiger partial charge in [0, 0.05) is 49.7 Å². The van der Waals surface area contributed by atoms with Crippen molar-refractivity contribution in [3.05, 3.63) is 59.7 Å². The summed E-state index contributed by atoms with van der Waals surface area (Å²) in [5.41, 5.74) is 2.19. The van der Waals surface area contributed by atoms with Gasteiger partial charge in [-0.05, 0) is 83.4 Å². The van der Waals surface area contributed by atoms with Crippen LogP contribution in [0.15, 0.2) is 42.7 Å². The molecule has 2 saturated heterocycles. The predicted molar refractivity (Wildman–Crippen MR) is 128 cm³/mol. The molecule has 0 spiro atoms. The van der Waals surface area contributed by atoms with E-state index < -0.39 is 0 Å². The molecule has 0 bridgehead atoms. The Kier molecular flexibility index (Phi) is 7.70. The Labute approximate surface area is 196 Å². The zero-order chi connectivity index (χ0) is 23.2. The van der Waals surface area contributed by atoms with Crippen molar-refractivity contribution in [3.8, 4) is 0 Å². The van der Waals surface area contributed by atoms with Crippen molar-refractivity contribution >= 4 is 11.8 Å². The highest BCUT2D eigenvalue weighted by atomic mass is 16.2. The molecule has 2 aromatic heterocycles. The van der Waals surface area contributed by atoms with Crippen LogP contribution < -0.4 is 0 Å². The van der Waals surface area contributed by atoms with Gasteiger partial charge in [0.1, 0.15) is 5.69 Å². The number of rotatable bonds is 6. The number of likely N-dealkylation sites (tertiary alicyclic amines) is 2. The predicted octanol–water partition coefficient (Wildman–Crippen LogP) is 3.44. The smallest absolute Gasteiger partial charge is 0.272 e. The standard InChI is InChI=1S/C26H35N5O2/c1-29(2)16-13-22-7-4-6-15-31(22)25(32)21-9-10-23(28-19-21)20-11-17-30(18-12-20)26(33)24-8-3-5-14-27-24/h3,5,8-10,14,19-20,22H,4,6-7,11-13,15-18H2,1-2H3/t22-/m1/s1. The monoisotopic (exact) mass is 449 g/mol. The van der Waals surface area contributed by atoms with Crippen molar-refractivity contribution in [2.24, 2.45) is 0 Å². The minimum Gasteiger partial charge on any atom is -0.337 e. The Morgan fingerprint density at radius 1 is 0.970 bits per heavy atom. The number of hydrogen-bond acceptors (Lipinski definition) is 5. The summed E-state index contributed by atoms with van der Waals surface area (Å²) in [6.45, 7) is 3.22. The molecule has 7 heteroatoms. The SMILES string of the molecule is CN(C)CC[C@H]1CCCCN1C(=O)c1ccc(C2CCN(C(=O)c3ccccn3)CC2)nc1. The molecular weight excluding hydrogens is 414 g/mol. The lowest BCUT2D eigenvalue weighted by Crippen LogP contribution is -2.45. The van der Waals surface area contributed by atoms with Crippen molar-refractivity contribution in [2.45, 2.75) is 50.5 Å². The molecule has 2 amide bonds. The maximum absolute atomic E-state index is 13.2. The number of carbonyl (C=O) groups is 2. The minimum absolute atomic E-state index is 0.00620. The molecule has 0 saturated carbocycles. The molecule has 0 radical (unpaired) electrons. The van der Waals surface area contributed by atoms with Gasteiger partial charge in [0.15, 0.2) is 0 Å². The van der Waals surface area contributed by atoms with E-state index in [0.29, 0.717) is 36.3 Å². The number of amides is 2. The van der Waals surface area contributed by atoms with Crippen LogP contribution >= 0.6 is 0 Å². The number of nitrogens with zero attached hydrogens (tertiary/aromatic N) is 5. The molecule has 2 aliphatic heterocycles. The van der Waals surface area contributed by atoms with Crippen LogP contribution in [0, 0.1) is 0 Å². The molecule has 2 fully saturated rings. The molecule has 33 heavy (non-hydrogen) atoms. The molecule has 4 rings (SSSR count). The van der Waals surface area contributed by atoms with Gasteiger partial charge in [0.25, 0.3) is 11.8 Å². The quantitative estimate of drug-likeness (QED) is 0.676. The van der Waals surface area contributed by atoms with Crippen LogP contribution in [0.3, 0.4) is 0 Å². The summed E-state index contributed by atoms with van der Waals surface area (Å²) < 4.78 is 0. The lowest BCUT2D eigenvalue weighted by molar-refractivity contribution is 0.0590. The van der Waals surface area contributed by atoms with Crippen LogP contribution in [0.2, 0.25) is 0 Å². The van der Waals surface area contributed by atoms with Gasteiger partial charge in [-0.1, -0.05) is 6.07 Å². The van der Waals surface area contributed by atoms with Gasteiger partial charge in [-0.3, -0.25) is 19.6 Å². The van der Waals surface area contributed by atoms with Crippen molar-refractivity contribution in [1.29, 1.82) is 0 Å². The number of piperidine rings is 2. The van der Waals surface area contributed by atoms with E-state index >= 15 is 0 Å². The number of carbonyl (C=O) groups excluding carboxylic acids is 2. The van der Waals surface area contributed by atoms with Crippen molar-refractivity contribution in [3.63, 3.8) is 0 Å². The second-order valence-corrected chi connectivity index (χ2v) is 9.49. The van der Waals surface area contributed by atoms with Crippen LogP contribution in [0.25, 0.3) is 0 Å². The highest BCUT2D eigenvalue weighted by molar-refractivity contribution is 5.94. The Balaban J connectivity index is 1.34. The summed E-state index contributed by atoms with van der Waals surface area (Å²) >= 11 is 0. The lowest BCUT2D eigenvalue weighted by atomic mass is 9.92. The molecule has 0 unspecified atom stereocenters. The van der Waals surface area contributed by atoms with E-state index in [2.05, 4.69) is 33.9 Å². The third-order valence-electron chi connectivity index (χ3n) is 6.92. The Hall–Kier alpha value is -2.80. The van der Waals surface area contributed by atoms with E-state index in [0.717, 1.165) is 50.9 Å². The van der Waals surface area contributed by atoms with E-state index in [1.54, 1.807) is 18.5 Å². The normalized spacial score (nSPS) is 19.7. The summed E-state index contributed by atoms with van der Waals surface area (Å²) in [5.74, 6) is 0.409. The van der Waals surface area contributed by atoms with Crippen LogP contribution in [-0.4, -0.2) is 82.8 Å². The first-order valence-corrected chi connectivity index (χ1v) is 12.1. The molecule has 2 aliphatic rings. The molecular formula is C26H35N5O2. The summed E-state index contributed by atoms with van der Waals surface area (Å²) in [5, 5.41) is 0. The molecule has 0 aliphatic carbocycles. The fourth-order valence-corrected chi connectivity index (χ4v) is 4.94. The zero-order valence-electron chi connectivity index (χ0n) is 19.8. The fourth-order valence-electron chi connectivity index (χ4n) is 4.94. The summed E-state index contributed by atoms with van der Waals surface area (Å²) in [7, 11) is 4.16. The van der Waals surface area contributed by atoms with E-state index in [4.69, 9.17) is 0 Å². The van der Waals surface area contributed by atoms with Gasteiger partial charge in [-0.2, -0.15) is 0 Å². The van der Waals surface area contributed by atoms with Gasteiger partial charge in [0.2, 0.25) is 0 Å². The molecule has 7 nitrogen and oxygen atoms in total. The maximum Gasteiger partial charge on any atom is 0.272 e. The highest BCUT2D eigenvalue weighted by Gasteiger charge is 2.29. The second kappa shape index (κ2) is 10.9. The number of aromatic nitrogens is 2. The maximum atomic E-state index is 13.2. The molecule has 2 aromatic rings. The second-order valence-electron chi connectivity index (χ2n) is 9.49. The van der Waals surface area contributed by atoms with E-state index in [1.807, 2.05) is 29.2 Å². The molecule has 0 aromatic carbocycles. The highest BCUT2D eigenvalue weighted by Crippen LogP contribution is 2.28. The average molecular weight is 450 g/mol. The van der Waals surface area contributed by atoms with Gasteiger partial charge < -0.3 is 14.7 Å². The van der Waals surface area contributed by atoms with E-state index in [9.17, 15) is 9.59 Å². The van der Waals surface area contributed by atoms with Crippen LogP contribution in [0.1, 0.15) is 71.0 Å².